The highest BCUT2D eigenvalue weighted by atomic mass is 16.5. The molecular weight excluding hydrogens is 228 g/mol. The Hall–Kier alpha value is -2.19. The van der Waals surface area contributed by atoms with Crippen molar-refractivity contribution in [3.63, 3.8) is 0 Å². The van der Waals surface area contributed by atoms with Gasteiger partial charge in [0, 0.05) is 5.56 Å². The normalized spacial score (nSPS) is 10.6. The molecule has 2 rings (SSSR count). The summed E-state index contributed by atoms with van der Waals surface area (Å²) in [5.41, 5.74) is 1.73. The lowest BCUT2D eigenvalue weighted by atomic mass is 10.1. The van der Waals surface area contributed by atoms with Gasteiger partial charge in [-0.15, -0.1) is 0 Å². The highest BCUT2D eigenvalue weighted by molar-refractivity contribution is 5.58. The van der Waals surface area contributed by atoms with Crippen molar-refractivity contribution in [1.29, 1.82) is 5.26 Å². The molecule has 5 heteroatoms. The molecule has 1 aromatic carbocycles. The van der Waals surface area contributed by atoms with E-state index in [0.29, 0.717) is 24.7 Å². The van der Waals surface area contributed by atoms with Crippen LogP contribution in [0.2, 0.25) is 0 Å². The second-order valence-corrected chi connectivity index (χ2v) is 4.25. The molecular formula is C13H14N4O. The van der Waals surface area contributed by atoms with E-state index in [9.17, 15) is 0 Å². The lowest BCUT2D eigenvalue weighted by molar-refractivity contribution is 0.365. The predicted molar refractivity (Wildman–Crippen MR) is 66.4 cm³/mol. The van der Waals surface area contributed by atoms with Crippen LogP contribution in [0.3, 0.4) is 0 Å². The summed E-state index contributed by atoms with van der Waals surface area (Å²) in [6, 6.07) is 9.71. The van der Waals surface area contributed by atoms with E-state index >= 15 is 0 Å². The average molecular weight is 242 g/mol. The minimum atomic E-state index is 0.335. The molecule has 5 nitrogen and oxygen atoms in total. The molecule has 1 aromatic heterocycles. The van der Waals surface area contributed by atoms with E-state index < -0.39 is 0 Å². The van der Waals surface area contributed by atoms with Crippen molar-refractivity contribution >= 4 is 0 Å². The van der Waals surface area contributed by atoms with Crippen LogP contribution in [-0.4, -0.2) is 29.1 Å². The van der Waals surface area contributed by atoms with E-state index in [-0.39, 0.29) is 0 Å². The maximum Gasteiger partial charge on any atom is 0.258 e. The molecule has 0 radical (unpaired) electrons. The molecule has 0 saturated heterocycles. The van der Waals surface area contributed by atoms with Crippen molar-refractivity contribution in [2.24, 2.45) is 0 Å². The Balaban J connectivity index is 2.31. The lowest BCUT2D eigenvalue weighted by Gasteiger charge is -2.03. The summed E-state index contributed by atoms with van der Waals surface area (Å²) in [4.78, 5) is 6.30. The van der Waals surface area contributed by atoms with Crippen molar-refractivity contribution in [2.75, 3.05) is 14.1 Å². The number of hydrogen-bond acceptors (Lipinski definition) is 5. The summed E-state index contributed by atoms with van der Waals surface area (Å²) in [6.07, 6.45) is 0.335. The monoisotopic (exact) mass is 242 g/mol. The van der Waals surface area contributed by atoms with Crippen LogP contribution in [0.5, 0.6) is 0 Å². The van der Waals surface area contributed by atoms with Gasteiger partial charge in [0.2, 0.25) is 0 Å². The number of nitrogens with zero attached hydrogens (tertiary/aromatic N) is 4. The van der Waals surface area contributed by atoms with Gasteiger partial charge in [-0.3, -0.25) is 0 Å². The Morgan fingerprint density at radius 1 is 1.33 bits per heavy atom. The molecule has 0 aliphatic carbocycles. The molecule has 18 heavy (non-hydrogen) atoms. The number of nitriles is 1. The fourth-order valence-electron chi connectivity index (χ4n) is 1.68. The lowest BCUT2D eigenvalue weighted by Crippen LogP contribution is -2.11. The number of rotatable bonds is 4. The fourth-order valence-corrected chi connectivity index (χ4v) is 1.68. The molecule has 92 valence electrons. The standard InChI is InChI=1S/C13H14N4O/c1-17(2)9-12-15-13(18-16-12)11-6-4-3-5-10(11)7-8-14/h3-6H,7,9H2,1-2H3. The van der Waals surface area contributed by atoms with Crippen LogP contribution in [0.15, 0.2) is 28.8 Å². The summed E-state index contributed by atoms with van der Waals surface area (Å²) in [5, 5.41) is 12.7. The average Bonchev–Trinajstić information content (AvgIpc) is 2.77. The molecule has 0 fully saturated rings. The molecule has 0 amide bonds. The van der Waals surface area contributed by atoms with Gasteiger partial charge in [0.25, 0.3) is 5.89 Å². The van der Waals surface area contributed by atoms with Gasteiger partial charge in [-0.1, -0.05) is 23.4 Å². The number of benzene rings is 1. The third kappa shape index (κ3) is 2.73. The minimum Gasteiger partial charge on any atom is -0.334 e. The highest BCUT2D eigenvalue weighted by Gasteiger charge is 2.12. The van der Waals surface area contributed by atoms with Gasteiger partial charge >= 0.3 is 0 Å². The van der Waals surface area contributed by atoms with E-state index in [0.717, 1.165) is 11.1 Å². The van der Waals surface area contributed by atoms with Gasteiger partial charge in [0.05, 0.1) is 19.0 Å². The Morgan fingerprint density at radius 3 is 2.83 bits per heavy atom. The fraction of sp³-hybridized carbons (Fsp3) is 0.308. The molecule has 0 saturated carbocycles. The van der Waals surface area contributed by atoms with Crippen LogP contribution < -0.4 is 0 Å². The zero-order chi connectivity index (χ0) is 13.0. The Kier molecular flexibility index (Phi) is 3.70. The first-order valence-corrected chi connectivity index (χ1v) is 5.63. The molecule has 0 spiro atoms. The van der Waals surface area contributed by atoms with Gasteiger partial charge < -0.3 is 9.42 Å². The summed E-state index contributed by atoms with van der Waals surface area (Å²) in [5.74, 6) is 1.11. The molecule has 0 aliphatic heterocycles. The van der Waals surface area contributed by atoms with Crippen LogP contribution >= 0.6 is 0 Å². The first-order chi connectivity index (χ1) is 8.70. The first kappa shape index (κ1) is 12.3. The van der Waals surface area contributed by atoms with Crippen molar-refractivity contribution < 1.29 is 4.52 Å². The maximum atomic E-state index is 8.79. The smallest absolute Gasteiger partial charge is 0.258 e. The summed E-state index contributed by atoms with van der Waals surface area (Å²) >= 11 is 0. The Labute approximate surface area is 106 Å². The van der Waals surface area contributed by atoms with Crippen LogP contribution in [-0.2, 0) is 13.0 Å². The second-order valence-electron chi connectivity index (χ2n) is 4.25. The van der Waals surface area contributed by atoms with Crippen LogP contribution in [0.4, 0.5) is 0 Å². The van der Waals surface area contributed by atoms with Gasteiger partial charge in [0.1, 0.15) is 0 Å². The molecule has 1 heterocycles. The van der Waals surface area contributed by atoms with Crippen LogP contribution in [0.25, 0.3) is 11.5 Å². The summed E-state index contributed by atoms with van der Waals surface area (Å²) in [7, 11) is 3.89. The third-order valence-electron chi connectivity index (χ3n) is 2.44. The van der Waals surface area contributed by atoms with Crippen LogP contribution in [0.1, 0.15) is 11.4 Å². The third-order valence-corrected chi connectivity index (χ3v) is 2.44. The quantitative estimate of drug-likeness (QED) is 0.818. The molecule has 0 N–H and O–H groups in total. The first-order valence-electron chi connectivity index (χ1n) is 5.63. The van der Waals surface area contributed by atoms with E-state index in [1.54, 1.807) is 0 Å². The van der Waals surface area contributed by atoms with Crippen molar-refractivity contribution in [1.82, 2.24) is 15.0 Å². The van der Waals surface area contributed by atoms with Gasteiger partial charge in [-0.05, 0) is 25.7 Å². The molecule has 0 aliphatic rings. The summed E-state index contributed by atoms with van der Waals surface area (Å²) in [6.45, 7) is 0.629. The molecule has 0 bridgehead atoms. The number of hydrogen-bond donors (Lipinski definition) is 0. The SMILES string of the molecule is CN(C)Cc1noc(-c2ccccc2CC#N)n1. The van der Waals surface area contributed by atoms with E-state index in [4.69, 9.17) is 9.78 Å². The molecule has 2 aromatic rings. The number of aromatic nitrogens is 2. The van der Waals surface area contributed by atoms with E-state index in [1.807, 2.05) is 43.3 Å². The van der Waals surface area contributed by atoms with Gasteiger partial charge in [0.15, 0.2) is 5.82 Å². The largest absolute Gasteiger partial charge is 0.334 e. The van der Waals surface area contributed by atoms with Gasteiger partial charge in [-0.25, -0.2) is 0 Å². The second kappa shape index (κ2) is 5.43. The van der Waals surface area contributed by atoms with Crippen molar-refractivity contribution in [2.45, 2.75) is 13.0 Å². The topological polar surface area (TPSA) is 66.0 Å². The van der Waals surface area contributed by atoms with Crippen molar-refractivity contribution in [3.8, 4) is 17.5 Å². The Bertz CT molecular complexity index is 568. The predicted octanol–water partition coefficient (Wildman–Crippen LogP) is 1.86. The molecule has 0 atom stereocenters. The van der Waals surface area contributed by atoms with Gasteiger partial charge in [-0.2, -0.15) is 10.2 Å². The van der Waals surface area contributed by atoms with Crippen molar-refractivity contribution in [3.05, 3.63) is 35.7 Å². The highest BCUT2D eigenvalue weighted by Crippen LogP contribution is 2.22. The maximum absolute atomic E-state index is 8.79. The summed E-state index contributed by atoms with van der Waals surface area (Å²) < 4.78 is 5.24. The van der Waals surface area contributed by atoms with E-state index in [2.05, 4.69) is 16.2 Å². The molecule has 0 unspecified atom stereocenters. The van der Waals surface area contributed by atoms with Crippen LogP contribution in [0, 0.1) is 11.3 Å². The zero-order valence-electron chi connectivity index (χ0n) is 10.4. The zero-order valence-corrected chi connectivity index (χ0v) is 10.4. The minimum absolute atomic E-state index is 0.335. The van der Waals surface area contributed by atoms with E-state index in [1.165, 1.54) is 0 Å². The Morgan fingerprint density at radius 2 is 2.11 bits per heavy atom.